The lowest BCUT2D eigenvalue weighted by Crippen LogP contribution is -2.00. The topological polar surface area (TPSA) is 56.7 Å². The summed E-state index contributed by atoms with van der Waals surface area (Å²) in [6.45, 7) is 0. The van der Waals surface area contributed by atoms with Crippen LogP contribution in [-0.4, -0.2) is 19.5 Å². The highest BCUT2D eigenvalue weighted by molar-refractivity contribution is 6.15. The second-order valence-electron chi connectivity index (χ2n) is 15.6. The van der Waals surface area contributed by atoms with Crippen LogP contribution in [0.3, 0.4) is 0 Å². The van der Waals surface area contributed by atoms with E-state index in [2.05, 4.69) is 205 Å². The lowest BCUT2D eigenvalue weighted by molar-refractivity contribution is 0.669. The molecule has 0 aliphatic heterocycles. The van der Waals surface area contributed by atoms with Crippen molar-refractivity contribution in [1.29, 1.82) is 0 Å². The summed E-state index contributed by atoms with van der Waals surface area (Å²) >= 11 is 0. The molecule has 3 aromatic heterocycles. The van der Waals surface area contributed by atoms with E-state index >= 15 is 0 Å². The van der Waals surface area contributed by atoms with Gasteiger partial charge in [-0.25, -0.2) is 15.0 Å². The molecule has 5 heteroatoms. The molecule has 5 nitrogen and oxygen atoms in total. The molecular weight excluding hydrogens is 757 g/mol. The number of aromatic nitrogens is 4. The first kappa shape index (κ1) is 35.5. The number of fused-ring (bicyclic) bond motifs is 6. The van der Waals surface area contributed by atoms with E-state index in [9.17, 15) is 0 Å². The van der Waals surface area contributed by atoms with Crippen molar-refractivity contribution in [3.05, 3.63) is 218 Å². The van der Waals surface area contributed by atoms with Crippen LogP contribution in [0, 0.1) is 0 Å². The van der Waals surface area contributed by atoms with Gasteiger partial charge in [-0.3, -0.25) is 0 Å². The van der Waals surface area contributed by atoms with Gasteiger partial charge in [0.15, 0.2) is 17.5 Å². The Morgan fingerprint density at radius 1 is 0.306 bits per heavy atom. The summed E-state index contributed by atoms with van der Waals surface area (Å²) in [6, 6.07) is 76.3. The number of benzene rings is 9. The third kappa shape index (κ3) is 6.06. The zero-order valence-electron chi connectivity index (χ0n) is 33.5. The molecule has 0 spiro atoms. The molecule has 0 N–H and O–H groups in total. The van der Waals surface area contributed by atoms with Crippen molar-refractivity contribution >= 4 is 43.7 Å². The van der Waals surface area contributed by atoms with Crippen molar-refractivity contribution in [2.75, 3.05) is 0 Å². The highest BCUT2D eigenvalue weighted by Gasteiger charge is 2.20. The molecule has 0 saturated heterocycles. The van der Waals surface area contributed by atoms with Gasteiger partial charge in [-0.05, 0) is 70.3 Å². The maximum absolute atomic E-state index is 6.60. The fraction of sp³-hybridized carbons (Fsp3) is 0. The number of hydrogen-bond acceptors (Lipinski definition) is 4. The highest BCUT2D eigenvalue weighted by atomic mass is 16.3. The van der Waals surface area contributed by atoms with E-state index in [-0.39, 0.29) is 0 Å². The molecule has 290 valence electrons. The van der Waals surface area contributed by atoms with Crippen LogP contribution in [0.1, 0.15) is 0 Å². The Morgan fingerprint density at radius 3 is 1.35 bits per heavy atom. The Labute approximate surface area is 357 Å². The normalized spacial score (nSPS) is 11.5. The summed E-state index contributed by atoms with van der Waals surface area (Å²) in [4.78, 5) is 15.4. The van der Waals surface area contributed by atoms with E-state index in [4.69, 9.17) is 19.4 Å². The fourth-order valence-electron chi connectivity index (χ4n) is 8.92. The van der Waals surface area contributed by atoms with Gasteiger partial charge < -0.3 is 8.98 Å². The molecule has 0 atom stereocenters. The highest BCUT2D eigenvalue weighted by Crippen LogP contribution is 2.42. The van der Waals surface area contributed by atoms with Crippen molar-refractivity contribution in [3.63, 3.8) is 0 Å². The summed E-state index contributed by atoms with van der Waals surface area (Å²) in [5.74, 6) is 1.80. The Kier molecular flexibility index (Phi) is 8.42. The van der Waals surface area contributed by atoms with Gasteiger partial charge in [-0.1, -0.05) is 176 Å². The molecule has 12 aromatic rings. The summed E-state index contributed by atoms with van der Waals surface area (Å²) in [6.07, 6.45) is 0. The van der Waals surface area contributed by atoms with Crippen LogP contribution in [0.4, 0.5) is 0 Å². The molecule has 0 radical (unpaired) electrons. The van der Waals surface area contributed by atoms with Crippen LogP contribution in [0.15, 0.2) is 223 Å². The number of furan rings is 1. The van der Waals surface area contributed by atoms with Crippen molar-refractivity contribution in [1.82, 2.24) is 19.5 Å². The fourth-order valence-corrected chi connectivity index (χ4v) is 8.92. The number of hydrogen-bond donors (Lipinski definition) is 0. The summed E-state index contributed by atoms with van der Waals surface area (Å²) < 4.78 is 8.99. The molecule has 0 amide bonds. The molecule has 0 saturated carbocycles. The predicted molar refractivity (Wildman–Crippen MR) is 254 cm³/mol. The van der Waals surface area contributed by atoms with Crippen molar-refractivity contribution in [2.45, 2.75) is 0 Å². The van der Waals surface area contributed by atoms with Gasteiger partial charge in [-0.15, -0.1) is 0 Å². The molecular formula is C57H36N4O. The van der Waals surface area contributed by atoms with Gasteiger partial charge in [0.25, 0.3) is 0 Å². The molecule has 0 bridgehead atoms. The van der Waals surface area contributed by atoms with E-state index in [0.717, 1.165) is 77.7 Å². The summed E-state index contributed by atoms with van der Waals surface area (Å²) in [5.41, 5.74) is 14.5. The third-order valence-corrected chi connectivity index (χ3v) is 11.9. The van der Waals surface area contributed by atoms with Gasteiger partial charge in [0.2, 0.25) is 0 Å². The van der Waals surface area contributed by atoms with Crippen LogP contribution < -0.4 is 0 Å². The van der Waals surface area contributed by atoms with Crippen LogP contribution in [0.2, 0.25) is 0 Å². The zero-order chi connectivity index (χ0) is 41.0. The number of rotatable bonds is 7. The molecule has 3 heterocycles. The minimum atomic E-state index is 0.587. The van der Waals surface area contributed by atoms with E-state index < -0.39 is 0 Å². The molecule has 0 fully saturated rings. The standard InChI is InChI=1S/C57H36N4O/c1-3-14-37(15-4-1)39-26-30-41(31-27-39)55-58-56(42-32-28-40(29-33-42)38-16-5-2-6-17-38)60-57(59-55)43-34-35-52-48(36-43)54-47(21-13-25-53(54)62-52)46-20-9-12-24-51(46)61-49-22-10-7-18-44(49)45-19-8-11-23-50(45)61/h1-36H. The Morgan fingerprint density at radius 2 is 0.758 bits per heavy atom. The van der Waals surface area contributed by atoms with Crippen LogP contribution in [0.5, 0.6) is 0 Å². The molecule has 9 aromatic carbocycles. The Bertz CT molecular complexity index is 3450. The minimum absolute atomic E-state index is 0.587. The second kappa shape index (κ2) is 14.7. The van der Waals surface area contributed by atoms with Gasteiger partial charge in [-0.2, -0.15) is 0 Å². The first-order chi connectivity index (χ1) is 30.7. The number of para-hydroxylation sites is 3. The van der Waals surface area contributed by atoms with E-state index in [0.29, 0.717) is 17.5 Å². The smallest absolute Gasteiger partial charge is 0.164 e. The third-order valence-electron chi connectivity index (χ3n) is 11.9. The van der Waals surface area contributed by atoms with Crippen LogP contribution in [0.25, 0.3) is 117 Å². The SMILES string of the molecule is c1ccc(-c2ccc(-c3nc(-c4ccc(-c5ccccc5)cc4)nc(-c4ccc5oc6cccc(-c7ccccc7-n7c8ccccc8c8ccccc87)c6c5c4)n3)cc2)cc1. The molecule has 0 aliphatic carbocycles. The summed E-state index contributed by atoms with van der Waals surface area (Å²) in [5, 5.41) is 4.49. The monoisotopic (exact) mass is 792 g/mol. The van der Waals surface area contributed by atoms with E-state index in [1.165, 1.54) is 21.8 Å². The molecule has 0 aliphatic rings. The molecule has 12 rings (SSSR count). The zero-order valence-corrected chi connectivity index (χ0v) is 33.5. The Hall–Kier alpha value is -8.41. The van der Waals surface area contributed by atoms with Gasteiger partial charge >= 0.3 is 0 Å². The van der Waals surface area contributed by atoms with Crippen LogP contribution >= 0.6 is 0 Å². The number of nitrogens with zero attached hydrogens (tertiary/aromatic N) is 4. The van der Waals surface area contributed by atoms with E-state index in [1.54, 1.807) is 0 Å². The maximum Gasteiger partial charge on any atom is 0.164 e. The van der Waals surface area contributed by atoms with Crippen molar-refractivity contribution < 1.29 is 4.42 Å². The first-order valence-electron chi connectivity index (χ1n) is 20.8. The quantitative estimate of drug-likeness (QED) is 0.161. The van der Waals surface area contributed by atoms with Crippen LogP contribution in [-0.2, 0) is 0 Å². The average molecular weight is 793 g/mol. The predicted octanol–water partition coefficient (Wildman–Crippen LogP) is 14.9. The largest absolute Gasteiger partial charge is 0.456 e. The van der Waals surface area contributed by atoms with Crippen molar-refractivity contribution in [3.8, 4) is 73.2 Å². The Balaban J connectivity index is 1.02. The lowest BCUT2D eigenvalue weighted by atomic mass is 9.97. The van der Waals surface area contributed by atoms with E-state index in [1.807, 2.05) is 18.2 Å². The van der Waals surface area contributed by atoms with Gasteiger partial charge in [0.1, 0.15) is 11.2 Å². The van der Waals surface area contributed by atoms with Gasteiger partial charge in [0, 0.05) is 43.8 Å². The molecule has 0 unspecified atom stereocenters. The molecule has 62 heavy (non-hydrogen) atoms. The summed E-state index contributed by atoms with van der Waals surface area (Å²) in [7, 11) is 0. The average Bonchev–Trinajstić information content (AvgIpc) is 3.90. The first-order valence-corrected chi connectivity index (χ1v) is 20.8. The minimum Gasteiger partial charge on any atom is -0.456 e. The van der Waals surface area contributed by atoms with Gasteiger partial charge in [0.05, 0.1) is 16.7 Å². The maximum atomic E-state index is 6.60. The van der Waals surface area contributed by atoms with Crippen molar-refractivity contribution in [2.24, 2.45) is 0 Å². The lowest BCUT2D eigenvalue weighted by Gasteiger charge is -2.15. The second-order valence-corrected chi connectivity index (χ2v) is 15.6.